The highest BCUT2D eigenvalue weighted by atomic mass is 32.1. The van der Waals surface area contributed by atoms with E-state index in [1.54, 1.807) is 17.5 Å². The number of thiophene rings is 1. The molecule has 0 aliphatic carbocycles. The van der Waals surface area contributed by atoms with Gasteiger partial charge in [-0.15, -0.1) is 11.3 Å². The lowest BCUT2D eigenvalue weighted by atomic mass is 10.2. The molecule has 0 radical (unpaired) electrons. The van der Waals surface area contributed by atoms with E-state index in [0.717, 1.165) is 4.88 Å². The molecule has 1 heterocycles. The molecule has 0 spiro atoms. The number of amides is 1. The van der Waals surface area contributed by atoms with Crippen molar-refractivity contribution in [3.63, 3.8) is 0 Å². The summed E-state index contributed by atoms with van der Waals surface area (Å²) in [4.78, 5) is 23.6. The second-order valence-electron chi connectivity index (χ2n) is 3.78. The first-order valence-electron chi connectivity index (χ1n) is 5.26. The highest BCUT2D eigenvalue weighted by Crippen LogP contribution is 2.16. The van der Waals surface area contributed by atoms with Crippen LogP contribution in [0.1, 0.15) is 25.6 Å². The number of carbonyl (C=O) groups excluding carboxylic acids is 1. The fourth-order valence-electron chi connectivity index (χ4n) is 1.46. The number of carboxylic acids is 1. The zero-order valence-corrected chi connectivity index (χ0v) is 10.5. The number of aryl methyl sites for hydroxylation is 1. The van der Waals surface area contributed by atoms with Crippen LogP contribution in [0.2, 0.25) is 0 Å². The molecule has 18 heavy (non-hydrogen) atoms. The van der Waals surface area contributed by atoms with Gasteiger partial charge in [0, 0.05) is 15.9 Å². The normalized spacial score (nSPS) is 10.1. The monoisotopic (exact) mass is 261 g/mol. The topological polar surface area (TPSA) is 66.4 Å². The minimum Gasteiger partial charge on any atom is -0.478 e. The van der Waals surface area contributed by atoms with Crippen molar-refractivity contribution < 1.29 is 14.7 Å². The first-order valence-corrected chi connectivity index (χ1v) is 6.14. The zero-order chi connectivity index (χ0) is 13.1. The fraction of sp³-hybridized carbons (Fsp3) is 0.0769. The summed E-state index contributed by atoms with van der Waals surface area (Å²) in [6, 6.07) is 7.86. The van der Waals surface area contributed by atoms with E-state index in [1.807, 2.05) is 13.0 Å². The van der Waals surface area contributed by atoms with Gasteiger partial charge in [0.25, 0.3) is 5.91 Å². The lowest BCUT2D eigenvalue weighted by molar-refractivity contribution is 0.0696. The van der Waals surface area contributed by atoms with Gasteiger partial charge in [-0.05, 0) is 37.3 Å². The maximum absolute atomic E-state index is 11.8. The molecule has 0 saturated heterocycles. The fourth-order valence-corrected chi connectivity index (χ4v) is 2.14. The molecule has 0 bridgehead atoms. The van der Waals surface area contributed by atoms with Crippen molar-refractivity contribution in [2.75, 3.05) is 5.32 Å². The Bertz CT molecular complexity index is 587. The lowest BCUT2D eigenvalue weighted by Crippen LogP contribution is -2.10. The Morgan fingerprint density at radius 1 is 1.17 bits per heavy atom. The molecule has 0 fully saturated rings. The average molecular weight is 261 g/mol. The largest absolute Gasteiger partial charge is 0.478 e. The van der Waals surface area contributed by atoms with Crippen LogP contribution in [0.5, 0.6) is 0 Å². The molecule has 1 aromatic heterocycles. The van der Waals surface area contributed by atoms with Crippen LogP contribution < -0.4 is 5.32 Å². The predicted molar refractivity (Wildman–Crippen MR) is 70.4 cm³/mol. The second-order valence-corrected chi connectivity index (χ2v) is 4.90. The molecule has 1 aromatic carbocycles. The maximum atomic E-state index is 11.8. The Hall–Kier alpha value is -2.14. The van der Waals surface area contributed by atoms with Crippen molar-refractivity contribution in [3.8, 4) is 0 Å². The molecule has 0 atom stereocenters. The van der Waals surface area contributed by atoms with E-state index in [-0.39, 0.29) is 11.5 Å². The third kappa shape index (κ3) is 2.75. The Labute approximate surface area is 108 Å². The molecule has 2 N–H and O–H groups in total. The molecule has 5 heteroatoms. The van der Waals surface area contributed by atoms with E-state index in [4.69, 9.17) is 5.11 Å². The molecule has 0 aliphatic heterocycles. The summed E-state index contributed by atoms with van der Waals surface area (Å²) in [6.07, 6.45) is 0. The Morgan fingerprint density at radius 3 is 2.33 bits per heavy atom. The molecule has 2 aromatic rings. The highest BCUT2D eigenvalue weighted by molar-refractivity contribution is 7.10. The van der Waals surface area contributed by atoms with Gasteiger partial charge in [-0.1, -0.05) is 0 Å². The molecule has 92 valence electrons. The standard InChI is InChI=1S/C13H11NO3S/c1-8-6-10(7-18-8)12(15)14-11-4-2-9(3-5-11)13(16)17/h2-7H,1H3,(H,14,15)(H,16,17). The summed E-state index contributed by atoms with van der Waals surface area (Å²) in [6.45, 7) is 1.93. The van der Waals surface area contributed by atoms with Gasteiger partial charge in [0.1, 0.15) is 0 Å². The molecular weight excluding hydrogens is 250 g/mol. The van der Waals surface area contributed by atoms with E-state index in [9.17, 15) is 9.59 Å². The van der Waals surface area contributed by atoms with Crippen molar-refractivity contribution in [3.05, 3.63) is 51.7 Å². The van der Waals surface area contributed by atoms with Crippen molar-refractivity contribution in [2.45, 2.75) is 6.92 Å². The van der Waals surface area contributed by atoms with Crippen molar-refractivity contribution >= 4 is 28.9 Å². The summed E-state index contributed by atoms with van der Waals surface area (Å²) >= 11 is 1.51. The summed E-state index contributed by atoms with van der Waals surface area (Å²) in [7, 11) is 0. The van der Waals surface area contributed by atoms with Gasteiger partial charge in [0.2, 0.25) is 0 Å². The Kier molecular flexibility index (Phi) is 3.43. The van der Waals surface area contributed by atoms with Gasteiger partial charge in [0.05, 0.1) is 11.1 Å². The summed E-state index contributed by atoms with van der Waals surface area (Å²) in [5, 5.41) is 13.3. The summed E-state index contributed by atoms with van der Waals surface area (Å²) in [5.41, 5.74) is 1.38. The van der Waals surface area contributed by atoms with Crippen LogP contribution in [0.3, 0.4) is 0 Å². The molecule has 0 unspecified atom stereocenters. The van der Waals surface area contributed by atoms with Crippen molar-refractivity contribution in [1.82, 2.24) is 0 Å². The van der Waals surface area contributed by atoms with Gasteiger partial charge in [0.15, 0.2) is 0 Å². The van der Waals surface area contributed by atoms with Crippen LogP contribution in [-0.2, 0) is 0 Å². The molecule has 4 nitrogen and oxygen atoms in total. The SMILES string of the molecule is Cc1cc(C(=O)Nc2ccc(C(=O)O)cc2)cs1. The lowest BCUT2D eigenvalue weighted by Gasteiger charge is -2.03. The van der Waals surface area contributed by atoms with Crippen LogP contribution in [0.25, 0.3) is 0 Å². The third-order valence-corrected chi connectivity index (χ3v) is 3.24. The van der Waals surface area contributed by atoms with Crippen molar-refractivity contribution in [2.24, 2.45) is 0 Å². The van der Waals surface area contributed by atoms with E-state index >= 15 is 0 Å². The number of nitrogens with one attached hydrogen (secondary N) is 1. The van der Waals surface area contributed by atoms with E-state index in [0.29, 0.717) is 11.3 Å². The first kappa shape index (κ1) is 12.3. The van der Waals surface area contributed by atoms with Gasteiger partial charge in [-0.2, -0.15) is 0 Å². The van der Waals surface area contributed by atoms with Crippen LogP contribution in [0.4, 0.5) is 5.69 Å². The van der Waals surface area contributed by atoms with Gasteiger partial charge >= 0.3 is 5.97 Å². The van der Waals surface area contributed by atoms with Crippen molar-refractivity contribution in [1.29, 1.82) is 0 Å². The number of anilines is 1. The number of rotatable bonds is 3. The van der Waals surface area contributed by atoms with Crippen LogP contribution >= 0.6 is 11.3 Å². The third-order valence-electron chi connectivity index (χ3n) is 2.38. The summed E-state index contributed by atoms with van der Waals surface area (Å²) < 4.78 is 0. The second kappa shape index (κ2) is 5.01. The van der Waals surface area contributed by atoms with Crippen LogP contribution in [0, 0.1) is 6.92 Å². The maximum Gasteiger partial charge on any atom is 0.335 e. The number of aromatic carboxylic acids is 1. The number of hydrogen-bond acceptors (Lipinski definition) is 3. The van der Waals surface area contributed by atoms with Gasteiger partial charge in [-0.3, -0.25) is 4.79 Å². The first-order chi connectivity index (χ1) is 8.56. The quantitative estimate of drug-likeness (QED) is 0.892. The number of hydrogen-bond donors (Lipinski definition) is 2. The average Bonchev–Trinajstić information content (AvgIpc) is 2.76. The number of carbonyl (C=O) groups is 2. The van der Waals surface area contributed by atoms with Gasteiger partial charge in [-0.25, -0.2) is 4.79 Å². The number of benzene rings is 1. The Balaban J connectivity index is 2.10. The molecule has 0 saturated carbocycles. The molecule has 0 aliphatic rings. The predicted octanol–water partition coefficient (Wildman–Crippen LogP) is 3.01. The molecule has 2 rings (SSSR count). The highest BCUT2D eigenvalue weighted by Gasteiger charge is 2.08. The summed E-state index contributed by atoms with van der Waals surface area (Å²) in [5.74, 6) is -1.18. The molecule has 1 amide bonds. The Morgan fingerprint density at radius 2 is 1.83 bits per heavy atom. The van der Waals surface area contributed by atoms with E-state index < -0.39 is 5.97 Å². The van der Waals surface area contributed by atoms with Crippen LogP contribution in [0.15, 0.2) is 35.7 Å². The van der Waals surface area contributed by atoms with E-state index in [2.05, 4.69) is 5.32 Å². The minimum absolute atomic E-state index is 0.192. The van der Waals surface area contributed by atoms with Crippen LogP contribution in [-0.4, -0.2) is 17.0 Å². The molecular formula is C13H11NO3S. The zero-order valence-electron chi connectivity index (χ0n) is 9.64. The van der Waals surface area contributed by atoms with Gasteiger partial charge < -0.3 is 10.4 Å². The van der Waals surface area contributed by atoms with E-state index in [1.165, 1.54) is 23.5 Å². The smallest absolute Gasteiger partial charge is 0.335 e. The number of carboxylic acid groups (broad SMARTS) is 1. The minimum atomic E-state index is -0.985.